The second-order valence-corrected chi connectivity index (χ2v) is 16.7. The Morgan fingerprint density at radius 1 is 1.06 bits per heavy atom. The molecule has 0 radical (unpaired) electrons. The van der Waals surface area contributed by atoms with Gasteiger partial charge in [-0.1, -0.05) is 12.1 Å². The van der Waals surface area contributed by atoms with Crippen LogP contribution in [0.5, 0.6) is 5.75 Å². The first-order chi connectivity index (χ1) is 25.6. The van der Waals surface area contributed by atoms with Crippen LogP contribution in [0, 0.1) is 31.1 Å². The van der Waals surface area contributed by atoms with E-state index in [4.69, 9.17) is 20.0 Å². The molecule has 3 aromatic rings. The van der Waals surface area contributed by atoms with Gasteiger partial charge in [-0.2, -0.15) is 4.98 Å². The Hall–Kier alpha value is -4.62. The molecule has 3 amide bonds. The fourth-order valence-corrected chi connectivity index (χ4v) is 8.01. The number of amides is 3. The molecule has 54 heavy (non-hydrogen) atoms. The first-order valence-electron chi connectivity index (χ1n) is 19.6. The smallest absolute Gasteiger partial charge is 0.407 e. The Kier molecular flexibility index (Phi) is 13.3. The minimum atomic E-state index is -0.938. The molecule has 2 heterocycles. The fraction of sp³-hybridized carbons (Fsp3) is 0.650. The van der Waals surface area contributed by atoms with Gasteiger partial charge in [0.2, 0.25) is 17.7 Å². The van der Waals surface area contributed by atoms with E-state index in [1.165, 1.54) is 38.5 Å². The second kappa shape index (κ2) is 17.7. The summed E-state index contributed by atoms with van der Waals surface area (Å²) < 4.78 is 13.1. The van der Waals surface area contributed by atoms with Crippen LogP contribution in [0.2, 0.25) is 0 Å². The number of ether oxygens (including phenoxy) is 1. The number of phenols is 1. The predicted octanol–water partition coefficient (Wildman–Crippen LogP) is 5.99. The Labute approximate surface area is 318 Å². The van der Waals surface area contributed by atoms with Crippen molar-refractivity contribution in [3.8, 4) is 5.75 Å². The monoisotopic (exact) mass is 748 g/mol. The van der Waals surface area contributed by atoms with E-state index in [-0.39, 0.29) is 29.4 Å². The van der Waals surface area contributed by atoms with E-state index in [9.17, 15) is 19.5 Å². The second-order valence-electron chi connectivity index (χ2n) is 16.7. The lowest BCUT2D eigenvalue weighted by Gasteiger charge is -2.46. The van der Waals surface area contributed by atoms with Gasteiger partial charge >= 0.3 is 6.09 Å². The largest absolute Gasteiger partial charge is 0.508 e. The molecule has 3 saturated carbocycles. The zero-order valence-corrected chi connectivity index (χ0v) is 32.9. The Morgan fingerprint density at radius 3 is 2.37 bits per heavy atom. The summed E-state index contributed by atoms with van der Waals surface area (Å²) in [5.74, 6) is 1.31. The average molecular weight is 749 g/mol. The highest BCUT2D eigenvalue weighted by atomic mass is 16.6. The highest BCUT2D eigenvalue weighted by molar-refractivity contribution is 5.89. The van der Waals surface area contributed by atoms with Crippen LogP contribution in [0.4, 0.5) is 10.7 Å². The quantitative estimate of drug-likeness (QED) is 0.102. The number of hydrogen-bond acceptors (Lipinski definition) is 10. The van der Waals surface area contributed by atoms with Gasteiger partial charge in [0.05, 0.1) is 0 Å². The van der Waals surface area contributed by atoms with Crippen LogP contribution >= 0.6 is 0 Å². The number of nitrogen functional groups attached to an aromatic ring is 1. The first-order valence-corrected chi connectivity index (χ1v) is 19.6. The van der Waals surface area contributed by atoms with E-state index in [1.54, 1.807) is 45.3 Å². The van der Waals surface area contributed by atoms with E-state index >= 15 is 0 Å². The van der Waals surface area contributed by atoms with E-state index < -0.39 is 29.7 Å². The number of fused-ring (bicyclic) bond motifs is 3. The summed E-state index contributed by atoms with van der Waals surface area (Å²) in [6, 6.07) is 1.70. The number of nitrogens with zero attached hydrogens (tertiary/aromatic N) is 4. The van der Waals surface area contributed by atoms with Crippen molar-refractivity contribution in [3.63, 3.8) is 0 Å². The van der Waals surface area contributed by atoms with Crippen LogP contribution < -0.4 is 21.7 Å². The van der Waals surface area contributed by atoms with E-state index in [2.05, 4.69) is 26.1 Å². The summed E-state index contributed by atoms with van der Waals surface area (Å²) in [5.41, 5.74) is 7.96. The zero-order chi connectivity index (χ0) is 39.0. The number of aromatic nitrogens is 4. The maximum absolute atomic E-state index is 14.3. The fourth-order valence-electron chi connectivity index (χ4n) is 8.01. The molecular weight excluding hydrogens is 688 g/mol. The third kappa shape index (κ3) is 11.2. The SMILES string of the molecule is Cc1cc(O)cc(C)c1C[C@H](NC(=O)[C@H](C)CCCn1ccnc1N)C(=O)N[C@@H](CCCNC(=O)OC(C)(C)C)c1nc(CC23CCC(CC2)CC3)no1. The highest BCUT2D eigenvalue weighted by Gasteiger charge is 2.41. The van der Waals surface area contributed by atoms with Gasteiger partial charge in [0.1, 0.15) is 23.4 Å². The molecule has 6 rings (SSSR count). The van der Waals surface area contributed by atoms with Gasteiger partial charge in [-0.3, -0.25) is 9.59 Å². The Bertz CT molecular complexity index is 1700. The molecule has 0 saturated heterocycles. The first kappa shape index (κ1) is 40.6. The van der Waals surface area contributed by atoms with Crippen molar-refractivity contribution in [1.82, 2.24) is 35.6 Å². The minimum Gasteiger partial charge on any atom is -0.508 e. The summed E-state index contributed by atoms with van der Waals surface area (Å²) in [4.78, 5) is 49.2. The molecule has 0 spiro atoms. The van der Waals surface area contributed by atoms with Gasteiger partial charge in [-0.15, -0.1) is 0 Å². The lowest BCUT2D eigenvalue weighted by Crippen LogP contribution is -2.50. The van der Waals surface area contributed by atoms with Crippen molar-refractivity contribution in [2.24, 2.45) is 17.3 Å². The maximum Gasteiger partial charge on any atom is 0.407 e. The Balaban J connectivity index is 1.32. The van der Waals surface area contributed by atoms with E-state index in [1.807, 2.05) is 25.3 Å². The van der Waals surface area contributed by atoms with Crippen molar-refractivity contribution in [1.29, 1.82) is 0 Å². The van der Waals surface area contributed by atoms with Gasteiger partial charge in [0.25, 0.3) is 0 Å². The van der Waals surface area contributed by atoms with Gasteiger partial charge < -0.3 is 40.6 Å². The number of imidazole rings is 1. The molecule has 3 aliphatic rings. The number of benzene rings is 1. The molecule has 2 aromatic heterocycles. The number of hydrogen-bond donors (Lipinski definition) is 5. The molecular formula is C40H60N8O6. The third-order valence-corrected chi connectivity index (χ3v) is 11.2. The highest BCUT2D eigenvalue weighted by Crippen LogP contribution is 2.51. The summed E-state index contributed by atoms with van der Waals surface area (Å²) in [7, 11) is 0. The third-order valence-electron chi connectivity index (χ3n) is 11.2. The predicted molar refractivity (Wildman–Crippen MR) is 204 cm³/mol. The van der Waals surface area contributed by atoms with Crippen LogP contribution in [-0.4, -0.2) is 60.9 Å². The topological polar surface area (TPSA) is 200 Å². The van der Waals surface area contributed by atoms with Crippen LogP contribution in [0.1, 0.15) is 126 Å². The number of nitrogens with one attached hydrogen (secondary N) is 3. The number of rotatable bonds is 17. The number of carbonyl (C=O) groups is 3. The molecule has 296 valence electrons. The molecule has 14 nitrogen and oxygen atoms in total. The van der Waals surface area contributed by atoms with Crippen LogP contribution in [0.25, 0.3) is 0 Å². The zero-order valence-electron chi connectivity index (χ0n) is 32.9. The number of alkyl carbamates (subject to hydrolysis) is 1. The van der Waals surface area contributed by atoms with Crippen LogP contribution in [-0.2, 0) is 33.7 Å². The molecule has 0 aliphatic heterocycles. The number of aryl methyl sites for hydroxylation is 3. The van der Waals surface area contributed by atoms with Crippen LogP contribution in [0.3, 0.4) is 0 Å². The molecule has 3 atom stereocenters. The molecule has 6 N–H and O–H groups in total. The molecule has 0 unspecified atom stereocenters. The lowest BCUT2D eigenvalue weighted by molar-refractivity contribution is -0.131. The minimum absolute atomic E-state index is 0.138. The number of carbonyl (C=O) groups excluding carboxylic acids is 3. The summed E-state index contributed by atoms with van der Waals surface area (Å²) in [6.07, 6.45) is 13.3. The summed E-state index contributed by atoms with van der Waals surface area (Å²) >= 11 is 0. The van der Waals surface area contributed by atoms with Crippen LogP contribution in [0.15, 0.2) is 29.0 Å². The molecule has 3 fully saturated rings. The number of nitrogens with two attached hydrogens (primary N) is 1. The summed E-state index contributed by atoms with van der Waals surface area (Å²) in [5, 5.41) is 23.5. The van der Waals surface area contributed by atoms with Crippen molar-refractivity contribution >= 4 is 23.9 Å². The van der Waals surface area contributed by atoms with Crippen molar-refractivity contribution < 1.29 is 28.8 Å². The lowest BCUT2D eigenvalue weighted by atomic mass is 9.59. The Morgan fingerprint density at radius 2 is 1.74 bits per heavy atom. The average Bonchev–Trinajstić information content (AvgIpc) is 3.74. The maximum atomic E-state index is 14.3. The van der Waals surface area contributed by atoms with Gasteiger partial charge in [-0.05, 0) is 139 Å². The molecule has 2 bridgehead atoms. The van der Waals surface area contributed by atoms with Crippen molar-refractivity contribution in [3.05, 3.63) is 52.9 Å². The summed E-state index contributed by atoms with van der Waals surface area (Å²) in [6.45, 7) is 11.9. The van der Waals surface area contributed by atoms with Gasteiger partial charge in [0.15, 0.2) is 11.8 Å². The number of anilines is 1. The molecule has 3 aliphatic carbocycles. The van der Waals surface area contributed by atoms with E-state index in [0.29, 0.717) is 56.4 Å². The standard InChI is InChI=1S/C40H60N8O6/c1-25(9-8-19-48-20-18-42-37(48)41)34(50)45-32(23-30-26(2)21-29(49)22-27(30)3)35(51)44-31(10-7-17-43-38(52)53-39(4,5)6)36-46-33(47-54-36)24-40-14-11-28(12-15-40)13-16-40/h18,20-22,25,28,31-32,49H,7-17,19,23-24H2,1-6H3,(H2,41,42)(H,43,52)(H,44,51)(H,45,50)/t25-,28?,31+,32+,40?/m1/s1. The normalized spacial score (nSPS) is 19.9. The number of aromatic hydroxyl groups is 1. The van der Waals surface area contributed by atoms with E-state index in [0.717, 1.165) is 29.0 Å². The molecule has 14 heteroatoms. The number of phenolic OH excluding ortho intramolecular Hbond substituents is 1. The molecule has 1 aromatic carbocycles. The van der Waals surface area contributed by atoms with Gasteiger partial charge in [-0.25, -0.2) is 9.78 Å². The van der Waals surface area contributed by atoms with Gasteiger partial charge in [0, 0.05) is 44.2 Å². The van der Waals surface area contributed by atoms with Crippen molar-refractivity contribution in [2.45, 2.75) is 143 Å². The van der Waals surface area contributed by atoms with Crippen molar-refractivity contribution in [2.75, 3.05) is 12.3 Å².